The van der Waals surface area contributed by atoms with Crippen LogP contribution in [-0.4, -0.2) is 6.09 Å². The van der Waals surface area contributed by atoms with Gasteiger partial charge in [-0.2, -0.15) is 0 Å². The number of amides is 1. The van der Waals surface area contributed by atoms with Crippen LogP contribution in [-0.2, 0) is 6.54 Å². The lowest BCUT2D eigenvalue weighted by Gasteiger charge is -2.08. The molecule has 0 fully saturated rings. The fourth-order valence-electron chi connectivity index (χ4n) is 1.46. The van der Waals surface area contributed by atoms with E-state index in [1.807, 2.05) is 30.3 Å². The van der Waals surface area contributed by atoms with E-state index < -0.39 is 6.09 Å². The zero-order valence-corrected chi connectivity index (χ0v) is 11.4. The second kappa shape index (κ2) is 6.45. The van der Waals surface area contributed by atoms with Gasteiger partial charge in [-0.1, -0.05) is 53.5 Å². The third-order valence-corrected chi connectivity index (χ3v) is 2.91. The van der Waals surface area contributed by atoms with Crippen LogP contribution in [0.15, 0.2) is 48.5 Å². The molecular weight excluding hydrogens is 285 g/mol. The molecule has 0 heterocycles. The second-order valence-electron chi connectivity index (χ2n) is 3.80. The van der Waals surface area contributed by atoms with Crippen LogP contribution >= 0.6 is 23.2 Å². The molecule has 0 aliphatic heterocycles. The highest BCUT2D eigenvalue weighted by molar-refractivity contribution is 6.35. The van der Waals surface area contributed by atoms with E-state index >= 15 is 0 Å². The van der Waals surface area contributed by atoms with E-state index in [1.54, 1.807) is 12.1 Å². The Morgan fingerprint density at radius 2 is 1.84 bits per heavy atom. The van der Waals surface area contributed by atoms with Crippen molar-refractivity contribution < 1.29 is 9.53 Å². The topological polar surface area (TPSA) is 38.3 Å². The average Bonchev–Trinajstić information content (AvgIpc) is 2.41. The molecule has 0 saturated heterocycles. The predicted octanol–water partition coefficient (Wildman–Crippen LogP) is 4.28. The van der Waals surface area contributed by atoms with Crippen LogP contribution in [0, 0.1) is 0 Å². The molecule has 1 amide bonds. The van der Waals surface area contributed by atoms with Crippen molar-refractivity contribution in [3.63, 3.8) is 0 Å². The van der Waals surface area contributed by atoms with Gasteiger partial charge in [0.2, 0.25) is 0 Å². The third-order valence-electron chi connectivity index (χ3n) is 2.38. The molecule has 2 rings (SSSR count). The first-order valence-electron chi connectivity index (χ1n) is 5.60. The molecule has 0 radical (unpaired) electrons. The number of hydrogen-bond donors (Lipinski definition) is 1. The smallest absolute Gasteiger partial charge is 0.409 e. The quantitative estimate of drug-likeness (QED) is 0.918. The summed E-state index contributed by atoms with van der Waals surface area (Å²) in [4.78, 5) is 11.6. The van der Waals surface area contributed by atoms with Crippen LogP contribution in [0.4, 0.5) is 4.79 Å². The van der Waals surface area contributed by atoms with Gasteiger partial charge in [0.1, 0.15) is 0 Å². The molecule has 0 aliphatic rings. The average molecular weight is 296 g/mol. The summed E-state index contributed by atoms with van der Waals surface area (Å²) in [6.07, 6.45) is -0.562. The minimum Gasteiger partial charge on any atom is -0.409 e. The van der Waals surface area contributed by atoms with E-state index in [2.05, 4.69) is 5.32 Å². The van der Waals surface area contributed by atoms with Crippen LogP contribution in [0.1, 0.15) is 5.56 Å². The standard InChI is InChI=1S/C14H11Cl2NO2/c15-11-6-7-13(12(16)8-11)19-14(18)17-9-10-4-2-1-3-5-10/h1-8H,9H2,(H,17,18). The van der Waals surface area contributed by atoms with Gasteiger partial charge in [-0.3, -0.25) is 0 Å². The van der Waals surface area contributed by atoms with E-state index in [0.29, 0.717) is 16.6 Å². The zero-order valence-electron chi connectivity index (χ0n) is 9.90. The first-order valence-corrected chi connectivity index (χ1v) is 6.35. The van der Waals surface area contributed by atoms with Gasteiger partial charge in [0.25, 0.3) is 0 Å². The molecule has 5 heteroatoms. The molecule has 0 spiro atoms. The number of ether oxygens (including phenoxy) is 1. The summed E-state index contributed by atoms with van der Waals surface area (Å²) in [6, 6.07) is 14.2. The van der Waals surface area contributed by atoms with E-state index in [0.717, 1.165) is 5.56 Å². The van der Waals surface area contributed by atoms with E-state index in [1.165, 1.54) is 6.07 Å². The minimum absolute atomic E-state index is 0.275. The third kappa shape index (κ3) is 4.16. The van der Waals surface area contributed by atoms with Gasteiger partial charge in [-0.15, -0.1) is 0 Å². The van der Waals surface area contributed by atoms with Gasteiger partial charge in [0.15, 0.2) is 5.75 Å². The Labute approximate surface area is 121 Å². The number of hydrogen-bond acceptors (Lipinski definition) is 2. The Hall–Kier alpha value is -1.71. The Bertz CT molecular complexity index is 573. The van der Waals surface area contributed by atoms with Crippen LogP contribution in [0.3, 0.4) is 0 Å². The fourth-order valence-corrected chi connectivity index (χ4v) is 1.91. The molecule has 0 unspecified atom stereocenters. The van der Waals surface area contributed by atoms with Crippen molar-refractivity contribution in [2.75, 3.05) is 0 Å². The second-order valence-corrected chi connectivity index (χ2v) is 4.65. The monoisotopic (exact) mass is 295 g/mol. The first-order chi connectivity index (χ1) is 9.15. The van der Waals surface area contributed by atoms with E-state index in [-0.39, 0.29) is 5.75 Å². The number of carbonyl (C=O) groups is 1. The van der Waals surface area contributed by atoms with Gasteiger partial charge < -0.3 is 10.1 Å². The first kappa shape index (κ1) is 13.7. The largest absolute Gasteiger partial charge is 0.412 e. The zero-order chi connectivity index (χ0) is 13.7. The number of benzene rings is 2. The van der Waals surface area contributed by atoms with Crippen LogP contribution in [0.5, 0.6) is 5.75 Å². The molecule has 0 aliphatic carbocycles. The van der Waals surface area contributed by atoms with Gasteiger partial charge in [-0.05, 0) is 23.8 Å². The van der Waals surface area contributed by atoms with Crippen LogP contribution < -0.4 is 10.1 Å². The Morgan fingerprint density at radius 1 is 1.11 bits per heavy atom. The van der Waals surface area contributed by atoms with Gasteiger partial charge in [0.05, 0.1) is 5.02 Å². The molecule has 2 aromatic rings. The molecule has 2 aromatic carbocycles. The van der Waals surface area contributed by atoms with E-state index in [4.69, 9.17) is 27.9 Å². The van der Waals surface area contributed by atoms with Crippen LogP contribution in [0.25, 0.3) is 0 Å². The molecule has 1 N–H and O–H groups in total. The molecule has 0 atom stereocenters. The summed E-state index contributed by atoms with van der Waals surface area (Å²) < 4.78 is 5.08. The summed E-state index contributed by atoms with van der Waals surface area (Å²) in [6.45, 7) is 0.394. The summed E-state index contributed by atoms with van der Waals surface area (Å²) in [5.74, 6) is 0.275. The molecule has 0 bridgehead atoms. The summed E-state index contributed by atoms with van der Waals surface area (Å²) in [5, 5.41) is 3.42. The lowest BCUT2D eigenvalue weighted by molar-refractivity contribution is 0.200. The van der Waals surface area contributed by atoms with Gasteiger partial charge in [0, 0.05) is 11.6 Å². The highest BCUT2D eigenvalue weighted by atomic mass is 35.5. The normalized spacial score (nSPS) is 10.0. The Morgan fingerprint density at radius 3 is 2.53 bits per heavy atom. The lowest BCUT2D eigenvalue weighted by atomic mass is 10.2. The number of carbonyl (C=O) groups excluding carboxylic acids is 1. The summed E-state index contributed by atoms with van der Waals surface area (Å²) in [7, 11) is 0. The molecule has 0 aromatic heterocycles. The van der Waals surface area contributed by atoms with Crippen molar-refractivity contribution in [1.29, 1.82) is 0 Å². The Balaban J connectivity index is 1.91. The maximum Gasteiger partial charge on any atom is 0.412 e. The number of rotatable bonds is 3. The molecule has 98 valence electrons. The maximum atomic E-state index is 11.6. The molecule has 0 saturated carbocycles. The highest BCUT2D eigenvalue weighted by Gasteiger charge is 2.08. The van der Waals surface area contributed by atoms with Crippen molar-refractivity contribution in [1.82, 2.24) is 5.32 Å². The van der Waals surface area contributed by atoms with Crippen LogP contribution in [0.2, 0.25) is 10.0 Å². The minimum atomic E-state index is -0.562. The van der Waals surface area contributed by atoms with Gasteiger partial charge >= 0.3 is 6.09 Å². The Kier molecular flexibility index (Phi) is 4.66. The molecule has 19 heavy (non-hydrogen) atoms. The van der Waals surface area contributed by atoms with Crippen molar-refractivity contribution in [2.45, 2.75) is 6.54 Å². The highest BCUT2D eigenvalue weighted by Crippen LogP contribution is 2.27. The number of nitrogens with one attached hydrogen (secondary N) is 1. The fraction of sp³-hybridized carbons (Fsp3) is 0.0714. The van der Waals surface area contributed by atoms with E-state index in [9.17, 15) is 4.79 Å². The van der Waals surface area contributed by atoms with Gasteiger partial charge in [-0.25, -0.2) is 4.79 Å². The van der Waals surface area contributed by atoms with Crippen molar-refractivity contribution >= 4 is 29.3 Å². The predicted molar refractivity (Wildman–Crippen MR) is 75.8 cm³/mol. The van der Waals surface area contributed by atoms with Crippen molar-refractivity contribution in [2.24, 2.45) is 0 Å². The molecular formula is C14H11Cl2NO2. The maximum absolute atomic E-state index is 11.6. The lowest BCUT2D eigenvalue weighted by Crippen LogP contribution is -2.26. The van der Waals surface area contributed by atoms with Crippen molar-refractivity contribution in [3.05, 3.63) is 64.1 Å². The van der Waals surface area contributed by atoms with Crippen molar-refractivity contribution in [3.8, 4) is 5.75 Å². The molecule has 3 nitrogen and oxygen atoms in total. The SMILES string of the molecule is O=C(NCc1ccccc1)Oc1ccc(Cl)cc1Cl. The number of halogens is 2. The summed E-state index contributed by atoms with van der Waals surface area (Å²) in [5.41, 5.74) is 0.988. The summed E-state index contributed by atoms with van der Waals surface area (Å²) >= 11 is 11.7.